The summed E-state index contributed by atoms with van der Waals surface area (Å²) in [6.45, 7) is 7.28. The number of methoxy groups -OCH3 is 1. The minimum atomic E-state index is -1.10. The van der Waals surface area contributed by atoms with E-state index < -0.39 is 11.6 Å². The Morgan fingerprint density at radius 3 is 2.38 bits per heavy atom. The molecule has 0 radical (unpaired) electrons. The molecule has 0 spiro atoms. The molecule has 0 amide bonds. The van der Waals surface area contributed by atoms with Crippen LogP contribution >= 0.6 is 0 Å². The molecule has 0 unspecified atom stereocenters. The van der Waals surface area contributed by atoms with Crippen LogP contribution in [-0.2, 0) is 10.3 Å². The number of rotatable bonds is 4. The summed E-state index contributed by atoms with van der Waals surface area (Å²) in [4.78, 5) is 15.2. The molecule has 1 aromatic rings. The lowest BCUT2D eigenvalue weighted by Gasteiger charge is -2.17. The zero-order chi connectivity index (χ0) is 12.5. The summed E-state index contributed by atoms with van der Waals surface area (Å²) in [6.07, 6.45) is 0. The van der Waals surface area contributed by atoms with Crippen molar-refractivity contribution < 1.29 is 19.1 Å². The van der Waals surface area contributed by atoms with Crippen molar-refractivity contribution in [3.8, 4) is 0 Å². The molecule has 0 saturated heterocycles. The maximum absolute atomic E-state index is 11.0. The predicted octanol–water partition coefficient (Wildman–Crippen LogP) is 2.38. The summed E-state index contributed by atoms with van der Waals surface area (Å²) in [7, 11) is 1.53. The molecule has 16 heavy (non-hydrogen) atoms. The summed E-state index contributed by atoms with van der Waals surface area (Å²) in [5.74, 6) is -0.920. The fourth-order valence-electron chi connectivity index (χ4n) is 1.22. The number of aromatic nitrogens is 1. The Balaban J connectivity index is 3.27. The Bertz CT molecular complexity index is 393. The second-order valence-electron chi connectivity index (χ2n) is 4.41. The first kappa shape index (κ1) is 12.7. The van der Waals surface area contributed by atoms with Crippen molar-refractivity contribution >= 4 is 5.97 Å². The summed E-state index contributed by atoms with van der Waals surface area (Å²) in [5, 5.41) is 8.99. The van der Waals surface area contributed by atoms with Crippen LogP contribution in [-0.4, -0.2) is 23.2 Å². The van der Waals surface area contributed by atoms with Gasteiger partial charge in [-0.25, -0.2) is 9.78 Å². The average molecular weight is 227 g/mol. The first-order valence-corrected chi connectivity index (χ1v) is 5.09. The number of carboxylic acids is 1. The molecule has 1 N–H and O–H groups in total. The fourth-order valence-corrected chi connectivity index (χ4v) is 1.22. The Morgan fingerprint density at radius 1 is 1.50 bits per heavy atom. The number of carboxylic acid groups (broad SMARTS) is 1. The van der Waals surface area contributed by atoms with E-state index in [0.29, 0.717) is 5.69 Å². The Morgan fingerprint density at radius 2 is 2.06 bits per heavy atom. The maximum Gasteiger partial charge on any atom is 0.373 e. The van der Waals surface area contributed by atoms with Crippen LogP contribution in [0.5, 0.6) is 0 Å². The molecular formula is C11H17NO4. The Hall–Kier alpha value is -1.36. The van der Waals surface area contributed by atoms with E-state index in [9.17, 15) is 4.79 Å². The summed E-state index contributed by atoms with van der Waals surface area (Å²) in [5.41, 5.74) is -0.273. The van der Waals surface area contributed by atoms with Gasteiger partial charge >= 0.3 is 5.97 Å². The number of hydrogen-bond acceptors (Lipinski definition) is 4. The molecule has 0 aromatic carbocycles. The van der Waals surface area contributed by atoms with E-state index in [0.717, 1.165) is 0 Å². The summed E-state index contributed by atoms with van der Waals surface area (Å²) < 4.78 is 10.5. The zero-order valence-electron chi connectivity index (χ0n) is 10.2. The number of carbonyl (C=O) groups is 1. The molecule has 0 aliphatic heterocycles. The second kappa shape index (κ2) is 4.25. The number of nitrogens with zero attached hydrogens (tertiary/aromatic N) is 1. The molecule has 0 fully saturated rings. The second-order valence-corrected chi connectivity index (χ2v) is 4.41. The molecule has 0 atom stereocenters. The first-order valence-electron chi connectivity index (χ1n) is 5.09. The highest BCUT2D eigenvalue weighted by Crippen LogP contribution is 2.28. The van der Waals surface area contributed by atoms with Crippen molar-refractivity contribution in [1.29, 1.82) is 0 Å². The van der Waals surface area contributed by atoms with E-state index >= 15 is 0 Å². The lowest BCUT2D eigenvalue weighted by molar-refractivity contribution is -0.00472. The van der Waals surface area contributed by atoms with Gasteiger partial charge in [-0.05, 0) is 19.8 Å². The van der Waals surface area contributed by atoms with E-state index in [2.05, 4.69) is 4.98 Å². The van der Waals surface area contributed by atoms with Crippen molar-refractivity contribution in [2.45, 2.75) is 39.2 Å². The van der Waals surface area contributed by atoms with Crippen LogP contribution in [0.4, 0.5) is 0 Å². The summed E-state index contributed by atoms with van der Waals surface area (Å²) in [6, 6.07) is 0. The minimum Gasteiger partial charge on any atom is -0.475 e. The zero-order valence-corrected chi connectivity index (χ0v) is 10.2. The Kier molecular flexibility index (Phi) is 3.38. The molecule has 5 heteroatoms. The van der Waals surface area contributed by atoms with Gasteiger partial charge in [-0.3, -0.25) is 0 Å². The molecule has 90 valence electrons. The topological polar surface area (TPSA) is 72.6 Å². The molecule has 5 nitrogen and oxygen atoms in total. The van der Waals surface area contributed by atoms with Crippen molar-refractivity contribution in [3.63, 3.8) is 0 Å². The molecule has 0 saturated carbocycles. The van der Waals surface area contributed by atoms with Crippen molar-refractivity contribution in [3.05, 3.63) is 17.3 Å². The number of oxazole rings is 1. The van der Waals surface area contributed by atoms with Gasteiger partial charge in [0.1, 0.15) is 5.60 Å². The normalized spacial score (nSPS) is 12.1. The molecule has 0 bridgehead atoms. The van der Waals surface area contributed by atoms with E-state index in [4.69, 9.17) is 14.3 Å². The van der Waals surface area contributed by atoms with E-state index in [1.54, 1.807) is 13.8 Å². The first-order chi connectivity index (χ1) is 7.29. The highest BCUT2D eigenvalue weighted by molar-refractivity contribution is 5.85. The van der Waals surface area contributed by atoms with Gasteiger partial charge in [0, 0.05) is 7.11 Å². The van der Waals surface area contributed by atoms with Gasteiger partial charge in [0.25, 0.3) is 0 Å². The van der Waals surface area contributed by atoms with Crippen molar-refractivity contribution in [2.24, 2.45) is 0 Å². The van der Waals surface area contributed by atoms with Crippen LogP contribution in [0.2, 0.25) is 0 Å². The standard InChI is InChI=1S/C11H17NO4/c1-6(2)7-8(9(13)14)16-10(12-7)11(3,4)15-5/h6H,1-5H3,(H,13,14). The van der Waals surface area contributed by atoms with Gasteiger partial charge in [0.2, 0.25) is 11.7 Å². The average Bonchev–Trinajstić information content (AvgIpc) is 2.62. The van der Waals surface area contributed by atoms with Crippen LogP contribution in [0, 0.1) is 0 Å². The van der Waals surface area contributed by atoms with Crippen LogP contribution in [0.15, 0.2) is 4.42 Å². The highest BCUT2D eigenvalue weighted by Gasteiger charge is 2.30. The maximum atomic E-state index is 11.0. The molecule has 0 aliphatic carbocycles. The third-order valence-electron chi connectivity index (χ3n) is 2.42. The number of hydrogen-bond donors (Lipinski definition) is 1. The van der Waals surface area contributed by atoms with Gasteiger partial charge < -0.3 is 14.3 Å². The smallest absolute Gasteiger partial charge is 0.373 e. The van der Waals surface area contributed by atoms with Gasteiger partial charge in [-0.15, -0.1) is 0 Å². The number of ether oxygens (including phenoxy) is 1. The molecule has 1 aromatic heterocycles. The molecule has 1 heterocycles. The van der Waals surface area contributed by atoms with Gasteiger partial charge in [-0.1, -0.05) is 13.8 Å². The van der Waals surface area contributed by atoms with Crippen molar-refractivity contribution in [2.75, 3.05) is 7.11 Å². The Labute approximate surface area is 94.4 Å². The lowest BCUT2D eigenvalue weighted by atomic mass is 10.1. The third kappa shape index (κ3) is 2.24. The lowest BCUT2D eigenvalue weighted by Crippen LogP contribution is -2.19. The van der Waals surface area contributed by atoms with Gasteiger partial charge in [0.15, 0.2) is 0 Å². The highest BCUT2D eigenvalue weighted by atomic mass is 16.5. The summed E-state index contributed by atoms with van der Waals surface area (Å²) >= 11 is 0. The monoisotopic (exact) mass is 227 g/mol. The van der Waals surface area contributed by atoms with Crippen LogP contribution in [0.3, 0.4) is 0 Å². The van der Waals surface area contributed by atoms with Crippen LogP contribution < -0.4 is 0 Å². The largest absolute Gasteiger partial charge is 0.475 e. The number of aromatic carboxylic acids is 1. The van der Waals surface area contributed by atoms with Crippen LogP contribution in [0.1, 0.15) is 55.8 Å². The quantitative estimate of drug-likeness (QED) is 0.854. The predicted molar refractivity (Wildman–Crippen MR) is 57.6 cm³/mol. The third-order valence-corrected chi connectivity index (χ3v) is 2.42. The van der Waals surface area contributed by atoms with Gasteiger partial charge in [-0.2, -0.15) is 0 Å². The van der Waals surface area contributed by atoms with E-state index in [1.807, 2.05) is 13.8 Å². The molecule has 1 rings (SSSR count). The molecule has 0 aliphatic rings. The SMILES string of the molecule is COC(C)(C)c1nc(C(C)C)c(C(=O)O)o1. The fraction of sp³-hybridized carbons (Fsp3) is 0.636. The minimum absolute atomic E-state index is 0.00347. The molecular weight excluding hydrogens is 210 g/mol. The van der Waals surface area contributed by atoms with E-state index in [1.165, 1.54) is 7.11 Å². The van der Waals surface area contributed by atoms with E-state index in [-0.39, 0.29) is 17.6 Å². The van der Waals surface area contributed by atoms with Crippen molar-refractivity contribution in [1.82, 2.24) is 4.98 Å². The van der Waals surface area contributed by atoms with Gasteiger partial charge in [0.05, 0.1) is 5.69 Å². The van der Waals surface area contributed by atoms with Crippen LogP contribution in [0.25, 0.3) is 0 Å².